The van der Waals surface area contributed by atoms with Crippen molar-refractivity contribution in [2.24, 2.45) is 0 Å². The first-order chi connectivity index (χ1) is 16.8. The van der Waals surface area contributed by atoms with Gasteiger partial charge in [0.1, 0.15) is 5.82 Å². The summed E-state index contributed by atoms with van der Waals surface area (Å²) in [4.78, 5) is 18.9. The highest BCUT2D eigenvalue weighted by atomic mass is 32.2. The molecule has 1 aliphatic rings. The highest BCUT2D eigenvalue weighted by Crippen LogP contribution is 2.22. The van der Waals surface area contributed by atoms with Crippen LogP contribution in [-0.2, 0) is 10.0 Å². The molecule has 0 atom stereocenters. The number of pyridine rings is 1. The third-order valence-electron chi connectivity index (χ3n) is 5.66. The summed E-state index contributed by atoms with van der Waals surface area (Å²) >= 11 is 0. The number of sulfonamides is 1. The lowest BCUT2D eigenvalue weighted by atomic mass is 10.1. The van der Waals surface area contributed by atoms with Gasteiger partial charge in [0.15, 0.2) is 0 Å². The van der Waals surface area contributed by atoms with E-state index in [2.05, 4.69) is 25.8 Å². The lowest BCUT2D eigenvalue weighted by molar-refractivity contribution is 0.0991. The topological polar surface area (TPSA) is 134 Å². The molecule has 2 aromatic carbocycles. The molecule has 1 saturated heterocycles. The first-order valence-electron chi connectivity index (χ1n) is 10.9. The molecule has 0 spiro atoms. The van der Waals surface area contributed by atoms with Gasteiger partial charge >= 0.3 is 17.8 Å². The van der Waals surface area contributed by atoms with Gasteiger partial charge in [-0.15, -0.1) is 5.10 Å². The Hall–Kier alpha value is -4.03. The van der Waals surface area contributed by atoms with Crippen LogP contribution in [0.2, 0.25) is 0 Å². The maximum absolute atomic E-state index is 12.5. The molecule has 35 heavy (non-hydrogen) atoms. The summed E-state index contributed by atoms with van der Waals surface area (Å²) < 4.78 is 30.2. The zero-order valence-electron chi connectivity index (χ0n) is 18.9. The van der Waals surface area contributed by atoms with Crippen LogP contribution in [0.5, 0.6) is 0 Å². The van der Waals surface area contributed by atoms with Crippen LogP contribution >= 0.6 is 0 Å². The molecule has 0 saturated carbocycles. The molecule has 0 bridgehead atoms. The molecular weight excluding hydrogens is 470 g/mol. The summed E-state index contributed by atoms with van der Waals surface area (Å²) in [5.41, 5.74) is 1.23. The molecule has 11 nitrogen and oxygen atoms in total. The second kappa shape index (κ2) is 9.31. The fraction of sp³-hybridized carbons (Fsp3) is 0.217. The van der Waals surface area contributed by atoms with E-state index in [4.69, 9.17) is 4.42 Å². The van der Waals surface area contributed by atoms with E-state index in [0.717, 1.165) is 16.5 Å². The number of anilines is 4. The largest absolute Gasteiger partial charge is 0.399 e. The third-order valence-corrected chi connectivity index (χ3v) is 6.96. The highest BCUT2D eigenvalue weighted by molar-refractivity contribution is 7.88. The number of benzene rings is 2. The van der Waals surface area contributed by atoms with Crippen molar-refractivity contribution in [3.05, 3.63) is 66.7 Å². The quantitative estimate of drug-likeness (QED) is 0.416. The molecule has 1 amide bonds. The highest BCUT2D eigenvalue weighted by Gasteiger charge is 2.24. The van der Waals surface area contributed by atoms with Gasteiger partial charge in [0.05, 0.1) is 18.1 Å². The van der Waals surface area contributed by atoms with E-state index in [1.54, 1.807) is 12.1 Å². The predicted molar refractivity (Wildman–Crippen MR) is 132 cm³/mol. The number of hydrogen-bond acceptors (Lipinski definition) is 9. The van der Waals surface area contributed by atoms with E-state index in [-0.39, 0.29) is 11.9 Å². The molecule has 2 N–H and O–H groups in total. The number of hydrogen-bond donors (Lipinski definition) is 2. The van der Waals surface area contributed by atoms with Gasteiger partial charge in [-0.05, 0) is 35.0 Å². The standard InChI is InChI=1S/C23H23N7O4S/c1-35(32,33)30-12-10-29(11-13-30)20-9-8-19(15-24-20)25-21(31)22-27-28-23(34-22)26-18-7-6-16-4-2-3-5-17(16)14-18/h2-9,14-15H,10-13H2,1H3,(H,25,31)(H,26,28). The zero-order valence-corrected chi connectivity index (χ0v) is 19.7. The molecule has 12 heteroatoms. The van der Waals surface area contributed by atoms with E-state index in [1.807, 2.05) is 47.4 Å². The van der Waals surface area contributed by atoms with Crippen molar-refractivity contribution in [3.63, 3.8) is 0 Å². The number of carbonyl (C=O) groups is 1. The monoisotopic (exact) mass is 493 g/mol. The average molecular weight is 494 g/mol. The molecule has 0 unspecified atom stereocenters. The molecule has 3 heterocycles. The maximum Gasteiger partial charge on any atom is 0.320 e. The summed E-state index contributed by atoms with van der Waals surface area (Å²) in [6, 6.07) is 17.4. The number of rotatable bonds is 6. The smallest absolute Gasteiger partial charge is 0.320 e. The van der Waals surface area contributed by atoms with Gasteiger partial charge in [-0.25, -0.2) is 13.4 Å². The van der Waals surface area contributed by atoms with Crippen molar-refractivity contribution in [2.75, 3.05) is 48.0 Å². The van der Waals surface area contributed by atoms with E-state index in [0.29, 0.717) is 37.7 Å². The van der Waals surface area contributed by atoms with Gasteiger partial charge in [0.25, 0.3) is 0 Å². The Kier molecular flexibility index (Phi) is 6.05. The van der Waals surface area contributed by atoms with Crippen molar-refractivity contribution >= 4 is 49.9 Å². The summed E-state index contributed by atoms with van der Waals surface area (Å²) in [6.07, 6.45) is 2.74. The summed E-state index contributed by atoms with van der Waals surface area (Å²) in [7, 11) is -3.19. The third kappa shape index (κ3) is 5.23. The fourth-order valence-electron chi connectivity index (χ4n) is 3.84. The Morgan fingerprint density at radius 3 is 2.40 bits per heavy atom. The van der Waals surface area contributed by atoms with Crippen LogP contribution in [0.3, 0.4) is 0 Å². The van der Waals surface area contributed by atoms with Crippen LogP contribution in [0.15, 0.2) is 65.2 Å². The zero-order chi connectivity index (χ0) is 24.4. The number of fused-ring (bicyclic) bond motifs is 1. The fourth-order valence-corrected chi connectivity index (χ4v) is 4.66. The Morgan fingerprint density at radius 2 is 1.69 bits per heavy atom. The van der Waals surface area contributed by atoms with Crippen molar-refractivity contribution in [3.8, 4) is 0 Å². The number of nitrogens with one attached hydrogen (secondary N) is 2. The maximum atomic E-state index is 12.5. The molecular formula is C23H23N7O4S. The van der Waals surface area contributed by atoms with Crippen molar-refractivity contribution in [1.82, 2.24) is 19.5 Å². The Balaban J connectivity index is 1.19. The molecule has 2 aromatic heterocycles. The van der Waals surface area contributed by atoms with E-state index in [9.17, 15) is 13.2 Å². The minimum absolute atomic E-state index is 0.104. The van der Waals surface area contributed by atoms with Gasteiger partial charge in [-0.1, -0.05) is 35.4 Å². The average Bonchev–Trinajstić information content (AvgIpc) is 3.33. The number of nitrogens with zero attached hydrogens (tertiary/aromatic N) is 5. The molecule has 180 valence electrons. The van der Waals surface area contributed by atoms with Gasteiger partial charge in [-0.3, -0.25) is 4.79 Å². The normalized spacial score (nSPS) is 14.7. The van der Waals surface area contributed by atoms with Gasteiger partial charge < -0.3 is 20.0 Å². The second-order valence-corrected chi connectivity index (χ2v) is 10.1. The molecule has 1 aliphatic heterocycles. The van der Waals surface area contributed by atoms with Crippen LogP contribution in [-0.4, -0.2) is 66.2 Å². The summed E-state index contributed by atoms with van der Waals surface area (Å²) in [5.74, 6) is -0.0366. The van der Waals surface area contributed by atoms with E-state index < -0.39 is 15.9 Å². The van der Waals surface area contributed by atoms with Crippen molar-refractivity contribution in [1.29, 1.82) is 0 Å². The molecule has 0 aliphatic carbocycles. The lowest BCUT2D eigenvalue weighted by Crippen LogP contribution is -2.48. The minimum Gasteiger partial charge on any atom is -0.399 e. The molecule has 0 radical (unpaired) electrons. The van der Waals surface area contributed by atoms with Gasteiger partial charge in [0.2, 0.25) is 10.0 Å². The number of carbonyl (C=O) groups excluding carboxylic acids is 1. The minimum atomic E-state index is -3.19. The first kappa shape index (κ1) is 22.7. The second-order valence-electron chi connectivity index (χ2n) is 8.11. The Labute approximate surface area is 201 Å². The van der Waals surface area contributed by atoms with E-state index in [1.165, 1.54) is 16.8 Å². The first-order valence-corrected chi connectivity index (χ1v) is 12.8. The Bertz CT molecular complexity index is 1460. The van der Waals surface area contributed by atoms with Crippen LogP contribution in [0.1, 0.15) is 10.7 Å². The summed E-state index contributed by atoms with van der Waals surface area (Å²) in [6.45, 7) is 1.90. The SMILES string of the molecule is CS(=O)(=O)N1CCN(c2ccc(NC(=O)c3nnc(Nc4ccc5ccccc5c4)o3)cn2)CC1. The number of aromatic nitrogens is 3. The molecule has 1 fully saturated rings. The Morgan fingerprint density at radius 1 is 0.943 bits per heavy atom. The number of amides is 1. The lowest BCUT2D eigenvalue weighted by Gasteiger charge is -2.33. The predicted octanol–water partition coefficient (Wildman–Crippen LogP) is 2.70. The van der Waals surface area contributed by atoms with Gasteiger partial charge in [-0.2, -0.15) is 4.31 Å². The van der Waals surface area contributed by atoms with E-state index >= 15 is 0 Å². The van der Waals surface area contributed by atoms with Crippen LogP contribution in [0, 0.1) is 0 Å². The van der Waals surface area contributed by atoms with Crippen LogP contribution in [0.25, 0.3) is 10.8 Å². The molecule has 4 aromatic rings. The van der Waals surface area contributed by atoms with Crippen LogP contribution < -0.4 is 15.5 Å². The van der Waals surface area contributed by atoms with Crippen LogP contribution in [0.4, 0.5) is 23.2 Å². The van der Waals surface area contributed by atoms with Crippen molar-refractivity contribution in [2.45, 2.75) is 0 Å². The van der Waals surface area contributed by atoms with Crippen molar-refractivity contribution < 1.29 is 17.6 Å². The number of piperazine rings is 1. The summed E-state index contributed by atoms with van der Waals surface area (Å²) in [5, 5.41) is 15.6. The van der Waals surface area contributed by atoms with Gasteiger partial charge in [0, 0.05) is 31.9 Å². The molecule has 5 rings (SSSR count).